The normalized spacial score (nSPS) is 18.3. The zero-order chi connectivity index (χ0) is 13.0. The number of nitrogens with one attached hydrogen (secondary N) is 2. The SMILES string of the molecule is CCC1(C(=O)Nc2ccccc2F)CCNCC1. The second kappa shape index (κ2) is 5.48. The van der Waals surface area contributed by atoms with E-state index in [0.717, 1.165) is 32.4 Å². The highest BCUT2D eigenvalue weighted by atomic mass is 19.1. The van der Waals surface area contributed by atoms with Gasteiger partial charge in [0.2, 0.25) is 5.91 Å². The Morgan fingerprint density at radius 2 is 2.06 bits per heavy atom. The predicted octanol–water partition coefficient (Wildman–Crippen LogP) is 2.54. The molecule has 18 heavy (non-hydrogen) atoms. The van der Waals surface area contributed by atoms with Gasteiger partial charge in [-0.3, -0.25) is 4.79 Å². The minimum absolute atomic E-state index is 0.0587. The smallest absolute Gasteiger partial charge is 0.230 e. The molecule has 1 aromatic carbocycles. The molecule has 0 aliphatic carbocycles. The first-order valence-corrected chi connectivity index (χ1v) is 6.45. The molecule has 3 nitrogen and oxygen atoms in total. The molecule has 1 aromatic rings. The van der Waals surface area contributed by atoms with Crippen LogP contribution in [0.1, 0.15) is 26.2 Å². The lowest BCUT2D eigenvalue weighted by Crippen LogP contribution is -2.44. The number of carbonyl (C=O) groups excluding carboxylic acids is 1. The van der Waals surface area contributed by atoms with Gasteiger partial charge in [0.1, 0.15) is 5.82 Å². The highest BCUT2D eigenvalue weighted by Crippen LogP contribution is 2.34. The number of anilines is 1. The monoisotopic (exact) mass is 250 g/mol. The molecule has 0 spiro atoms. The maximum atomic E-state index is 13.5. The molecule has 1 saturated heterocycles. The first-order chi connectivity index (χ1) is 8.68. The van der Waals surface area contributed by atoms with Crippen LogP contribution in [0, 0.1) is 11.2 Å². The standard InChI is InChI=1S/C14H19FN2O/c1-2-14(7-9-16-10-8-14)13(18)17-12-6-4-3-5-11(12)15/h3-6,16H,2,7-10H2,1H3,(H,17,18). The number of hydrogen-bond acceptors (Lipinski definition) is 2. The molecule has 1 aliphatic rings. The van der Waals surface area contributed by atoms with Crippen molar-refractivity contribution in [2.75, 3.05) is 18.4 Å². The second-order valence-electron chi connectivity index (χ2n) is 4.82. The van der Waals surface area contributed by atoms with Crippen LogP contribution in [0.5, 0.6) is 0 Å². The van der Waals surface area contributed by atoms with Gasteiger partial charge in [0.05, 0.1) is 11.1 Å². The van der Waals surface area contributed by atoms with Crippen LogP contribution in [0.4, 0.5) is 10.1 Å². The van der Waals surface area contributed by atoms with E-state index in [-0.39, 0.29) is 22.8 Å². The lowest BCUT2D eigenvalue weighted by molar-refractivity contribution is -0.127. The van der Waals surface area contributed by atoms with Gasteiger partial charge in [-0.15, -0.1) is 0 Å². The van der Waals surface area contributed by atoms with Crippen LogP contribution in [0.3, 0.4) is 0 Å². The first-order valence-electron chi connectivity index (χ1n) is 6.45. The Kier molecular flexibility index (Phi) is 3.97. The highest BCUT2D eigenvalue weighted by Gasteiger charge is 2.37. The van der Waals surface area contributed by atoms with Gasteiger partial charge in [0.25, 0.3) is 0 Å². The predicted molar refractivity (Wildman–Crippen MR) is 69.9 cm³/mol. The van der Waals surface area contributed by atoms with Crippen LogP contribution in [-0.2, 0) is 4.79 Å². The molecule has 1 aliphatic heterocycles. The molecule has 1 heterocycles. The molecule has 0 atom stereocenters. The third-order valence-electron chi connectivity index (χ3n) is 3.84. The minimum Gasteiger partial charge on any atom is -0.323 e. The molecular weight excluding hydrogens is 231 g/mol. The van der Waals surface area contributed by atoms with Crippen molar-refractivity contribution >= 4 is 11.6 Å². The summed E-state index contributed by atoms with van der Waals surface area (Å²) in [5.41, 5.74) is -0.0815. The fraction of sp³-hybridized carbons (Fsp3) is 0.500. The van der Waals surface area contributed by atoms with Crippen molar-refractivity contribution < 1.29 is 9.18 Å². The largest absolute Gasteiger partial charge is 0.323 e. The van der Waals surface area contributed by atoms with Crippen LogP contribution < -0.4 is 10.6 Å². The van der Waals surface area contributed by atoms with E-state index in [1.165, 1.54) is 6.07 Å². The van der Waals surface area contributed by atoms with E-state index < -0.39 is 0 Å². The third-order valence-corrected chi connectivity index (χ3v) is 3.84. The van der Waals surface area contributed by atoms with Crippen LogP contribution in [0.15, 0.2) is 24.3 Å². The molecule has 4 heteroatoms. The van der Waals surface area contributed by atoms with Crippen molar-refractivity contribution in [3.05, 3.63) is 30.1 Å². The van der Waals surface area contributed by atoms with Gasteiger partial charge >= 0.3 is 0 Å². The molecule has 2 N–H and O–H groups in total. The fourth-order valence-electron chi connectivity index (χ4n) is 2.46. The maximum Gasteiger partial charge on any atom is 0.230 e. The number of piperidine rings is 1. The van der Waals surface area contributed by atoms with Crippen molar-refractivity contribution in [2.24, 2.45) is 5.41 Å². The van der Waals surface area contributed by atoms with Gasteiger partial charge in [-0.1, -0.05) is 19.1 Å². The molecule has 1 amide bonds. The molecule has 0 aromatic heterocycles. The lowest BCUT2D eigenvalue weighted by Gasteiger charge is -2.35. The average molecular weight is 250 g/mol. The third kappa shape index (κ3) is 2.53. The minimum atomic E-state index is -0.383. The van der Waals surface area contributed by atoms with E-state index in [0.29, 0.717) is 0 Å². The summed E-state index contributed by atoms with van der Waals surface area (Å²) in [6.07, 6.45) is 2.41. The lowest BCUT2D eigenvalue weighted by atomic mass is 9.76. The van der Waals surface area contributed by atoms with E-state index in [1.54, 1.807) is 18.2 Å². The molecule has 98 valence electrons. The van der Waals surface area contributed by atoms with Crippen LogP contribution in [0.25, 0.3) is 0 Å². The Labute approximate surface area is 107 Å². The van der Waals surface area contributed by atoms with Gasteiger partial charge in [0, 0.05) is 0 Å². The molecular formula is C14H19FN2O. The number of para-hydroxylation sites is 1. The summed E-state index contributed by atoms with van der Waals surface area (Å²) in [6.45, 7) is 3.71. The average Bonchev–Trinajstić information content (AvgIpc) is 2.42. The Morgan fingerprint density at radius 1 is 1.39 bits per heavy atom. The van der Waals surface area contributed by atoms with E-state index >= 15 is 0 Å². The van der Waals surface area contributed by atoms with Crippen molar-refractivity contribution in [3.63, 3.8) is 0 Å². The summed E-state index contributed by atoms with van der Waals surface area (Å²) in [6, 6.07) is 6.29. The van der Waals surface area contributed by atoms with Crippen LogP contribution in [-0.4, -0.2) is 19.0 Å². The van der Waals surface area contributed by atoms with Crippen molar-refractivity contribution in [1.29, 1.82) is 0 Å². The topological polar surface area (TPSA) is 41.1 Å². The number of hydrogen-bond donors (Lipinski definition) is 2. The van der Waals surface area contributed by atoms with Gasteiger partial charge < -0.3 is 10.6 Å². The Hall–Kier alpha value is -1.42. The molecule has 0 bridgehead atoms. The first kappa shape index (κ1) is 13.0. The van der Waals surface area contributed by atoms with Crippen LogP contribution >= 0.6 is 0 Å². The molecule has 0 radical (unpaired) electrons. The Balaban J connectivity index is 2.13. The Morgan fingerprint density at radius 3 is 2.67 bits per heavy atom. The maximum absolute atomic E-state index is 13.5. The van der Waals surface area contributed by atoms with Crippen molar-refractivity contribution in [3.8, 4) is 0 Å². The number of halogens is 1. The quantitative estimate of drug-likeness (QED) is 0.865. The molecule has 0 saturated carbocycles. The molecule has 0 unspecified atom stereocenters. The Bertz CT molecular complexity index is 428. The summed E-state index contributed by atoms with van der Waals surface area (Å²) in [4.78, 5) is 12.4. The van der Waals surface area contributed by atoms with Gasteiger partial charge in [-0.05, 0) is 44.5 Å². The number of carbonyl (C=O) groups is 1. The summed E-state index contributed by atoms with van der Waals surface area (Å²) in [7, 11) is 0. The highest BCUT2D eigenvalue weighted by molar-refractivity contribution is 5.95. The molecule has 1 fully saturated rings. The summed E-state index contributed by atoms with van der Waals surface area (Å²) in [5, 5.41) is 5.98. The summed E-state index contributed by atoms with van der Waals surface area (Å²) < 4.78 is 13.5. The fourth-order valence-corrected chi connectivity index (χ4v) is 2.46. The second-order valence-corrected chi connectivity index (χ2v) is 4.82. The van der Waals surface area contributed by atoms with Gasteiger partial charge in [-0.2, -0.15) is 0 Å². The van der Waals surface area contributed by atoms with Crippen molar-refractivity contribution in [2.45, 2.75) is 26.2 Å². The summed E-state index contributed by atoms with van der Waals surface area (Å²) in [5.74, 6) is -0.442. The van der Waals surface area contributed by atoms with Crippen molar-refractivity contribution in [1.82, 2.24) is 5.32 Å². The zero-order valence-corrected chi connectivity index (χ0v) is 10.6. The van der Waals surface area contributed by atoms with Gasteiger partial charge in [-0.25, -0.2) is 4.39 Å². The number of amides is 1. The van der Waals surface area contributed by atoms with Gasteiger partial charge in [0.15, 0.2) is 0 Å². The number of rotatable bonds is 3. The molecule has 2 rings (SSSR count). The zero-order valence-electron chi connectivity index (χ0n) is 10.6. The van der Waals surface area contributed by atoms with E-state index in [9.17, 15) is 9.18 Å². The van der Waals surface area contributed by atoms with E-state index in [4.69, 9.17) is 0 Å². The van der Waals surface area contributed by atoms with Crippen LogP contribution in [0.2, 0.25) is 0 Å². The summed E-state index contributed by atoms with van der Waals surface area (Å²) >= 11 is 0. The van der Waals surface area contributed by atoms with E-state index in [2.05, 4.69) is 10.6 Å². The van der Waals surface area contributed by atoms with E-state index in [1.807, 2.05) is 6.92 Å². The number of benzene rings is 1.